The first kappa shape index (κ1) is 9.54. The molecule has 1 aromatic carbocycles. The van der Waals surface area contributed by atoms with E-state index in [0.717, 1.165) is 19.3 Å². The predicted octanol–water partition coefficient (Wildman–Crippen LogP) is 3.09. The molecule has 13 heavy (non-hydrogen) atoms. The smallest absolute Gasteiger partial charge is 0.0908 e. The van der Waals surface area contributed by atoms with Gasteiger partial charge in [-0.05, 0) is 24.8 Å². The minimum Gasteiger partial charge on any atom is -0.193 e. The van der Waals surface area contributed by atoms with Crippen LogP contribution in [0.4, 0.5) is 0 Å². The zero-order valence-electron chi connectivity index (χ0n) is 7.61. The molecule has 0 atom stereocenters. The Morgan fingerprint density at radius 3 is 2.69 bits per heavy atom. The van der Waals surface area contributed by atoms with E-state index in [1.54, 1.807) is 6.08 Å². The van der Waals surface area contributed by atoms with Crippen LogP contribution in [0.15, 0.2) is 42.5 Å². The first-order chi connectivity index (χ1) is 6.43. The lowest BCUT2D eigenvalue weighted by Gasteiger charge is -1.97. The maximum absolute atomic E-state index is 8.25. The second kappa shape index (κ2) is 6.02. The Kier molecular flexibility index (Phi) is 4.42. The van der Waals surface area contributed by atoms with Crippen molar-refractivity contribution < 1.29 is 0 Å². The van der Waals surface area contributed by atoms with Gasteiger partial charge in [-0.25, -0.2) is 0 Å². The molecule has 1 heteroatoms. The summed E-state index contributed by atoms with van der Waals surface area (Å²) in [5.41, 5.74) is 1.37. The largest absolute Gasteiger partial charge is 0.193 e. The molecule has 0 aliphatic heterocycles. The third kappa shape index (κ3) is 4.12. The predicted molar refractivity (Wildman–Crippen MR) is 54.1 cm³/mol. The van der Waals surface area contributed by atoms with Crippen molar-refractivity contribution in [1.29, 1.82) is 5.26 Å². The summed E-state index contributed by atoms with van der Waals surface area (Å²) in [5, 5.41) is 8.25. The third-order valence-electron chi connectivity index (χ3n) is 1.87. The van der Waals surface area contributed by atoms with Crippen LogP contribution < -0.4 is 0 Å². The molecule has 1 aromatic rings. The van der Waals surface area contributed by atoms with Crippen LogP contribution in [-0.2, 0) is 6.42 Å². The lowest BCUT2D eigenvalue weighted by Crippen LogP contribution is -1.82. The number of allylic oxidation sites excluding steroid dienone is 2. The summed E-state index contributed by atoms with van der Waals surface area (Å²) in [5.74, 6) is 0. The standard InChI is InChI=1S/C12H13N/c13-11-7-2-1-4-8-12-9-5-3-6-10-12/h2-3,5-7,9-10H,1,4,8H2/b7-2+. The van der Waals surface area contributed by atoms with Gasteiger partial charge in [0.1, 0.15) is 0 Å². The highest BCUT2D eigenvalue weighted by Crippen LogP contribution is 2.04. The number of hydrogen-bond acceptors (Lipinski definition) is 1. The van der Waals surface area contributed by atoms with Gasteiger partial charge >= 0.3 is 0 Å². The van der Waals surface area contributed by atoms with E-state index in [0.29, 0.717) is 0 Å². The molecule has 0 N–H and O–H groups in total. The van der Waals surface area contributed by atoms with Crippen LogP contribution in [0.2, 0.25) is 0 Å². The molecule has 0 saturated carbocycles. The topological polar surface area (TPSA) is 23.8 Å². The highest BCUT2D eigenvalue weighted by atomic mass is 14.2. The van der Waals surface area contributed by atoms with Gasteiger partial charge < -0.3 is 0 Å². The molecule has 0 aliphatic carbocycles. The van der Waals surface area contributed by atoms with E-state index < -0.39 is 0 Å². The highest BCUT2D eigenvalue weighted by Gasteiger charge is 1.88. The molecule has 0 radical (unpaired) electrons. The summed E-state index contributed by atoms with van der Waals surface area (Å²) < 4.78 is 0. The fraction of sp³-hybridized carbons (Fsp3) is 0.250. The normalized spacial score (nSPS) is 10.1. The number of aryl methyl sites for hydroxylation is 1. The second-order valence-corrected chi connectivity index (χ2v) is 2.91. The fourth-order valence-corrected chi connectivity index (χ4v) is 1.20. The molecule has 1 nitrogen and oxygen atoms in total. The zero-order chi connectivity index (χ0) is 9.36. The van der Waals surface area contributed by atoms with Gasteiger partial charge in [-0.3, -0.25) is 0 Å². The molecular weight excluding hydrogens is 158 g/mol. The Balaban J connectivity index is 2.21. The van der Waals surface area contributed by atoms with Gasteiger partial charge in [-0.2, -0.15) is 5.26 Å². The Labute approximate surface area is 79.3 Å². The first-order valence-electron chi connectivity index (χ1n) is 4.52. The number of nitrogens with zero attached hydrogens (tertiary/aromatic N) is 1. The number of hydrogen-bond donors (Lipinski definition) is 0. The van der Waals surface area contributed by atoms with Crippen molar-refractivity contribution in [2.75, 3.05) is 0 Å². The minimum atomic E-state index is 0.989. The molecule has 0 bridgehead atoms. The summed E-state index contributed by atoms with van der Waals surface area (Å²) in [6.45, 7) is 0. The molecular formula is C12H13N. The summed E-state index contributed by atoms with van der Waals surface area (Å²) in [6, 6.07) is 12.4. The van der Waals surface area contributed by atoms with Crippen LogP contribution in [-0.4, -0.2) is 0 Å². The van der Waals surface area contributed by atoms with Gasteiger partial charge in [-0.1, -0.05) is 36.4 Å². The quantitative estimate of drug-likeness (QED) is 0.504. The van der Waals surface area contributed by atoms with Gasteiger partial charge in [-0.15, -0.1) is 0 Å². The van der Waals surface area contributed by atoms with Crippen LogP contribution in [0.1, 0.15) is 18.4 Å². The average Bonchev–Trinajstić information content (AvgIpc) is 2.19. The van der Waals surface area contributed by atoms with Crippen molar-refractivity contribution in [1.82, 2.24) is 0 Å². The van der Waals surface area contributed by atoms with Crippen LogP contribution >= 0.6 is 0 Å². The number of rotatable bonds is 4. The molecule has 1 rings (SSSR count). The number of nitriles is 1. The molecule has 0 amide bonds. The van der Waals surface area contributed by atoms with Gasteiger partial charge in [0.15, 0.2) is 0 Å². The van der Waals surface area contributed by atoms with E-state index in [-0.39, 0.29) is 0 Å². The Morgan fingerprint density at radius 1 is 1.23 bits per heavy atom. The second-order valence-electron chi connectivity index (χ2n) is 2.91. The maximum Gasteiger partial charge on any atom is 0.0908 e. The van der Waals surface area contributed by atoms with E-state index >= 15 is 0 Å². The van der Waals surface area contributed by atoms with Crippen molar-refractivity contribution in [3.05, 3.63) is 48.0 Å². The minimum absolute atomic E-state index is 0.989. The molecule has 0 aliphatic rings. The molecule has 0 unspecified atom stereocenters. The van der Waals surface area contributed by atoms with Crippen molar-refractivity contribution in [2.45, 2.75) is 19.3 Å². The summed E-state index contributed by atoms with van der Waals surface area (Å²) in [6.07, 6.45) is 6.66. The monoisotopic (exact) mass is 171 g/mol. The Hall–Kier alpha value is -1.55. The summed E-state index contributed by atoms with van der Waals surface area (Å²) in [4.78, 5) is 0. The molecule has 0 heterocycles. The van der Waals surface area contributed by atoms with Crippen molar-refractivity contribution >= 4 is 0 Å². The van der Waals surface area contributed by atoms with Crippen LogP contribution in [0, 0.1) is 11.3 Å². The number of unbranched alkanes of at least 4 members (excludes halogenated alkanes) is 1. The van der Waals surface area contributed by atoms with Crippen molar-refractivity contribution in [3.8, 4) is 6.07 Å². The van der Waals surface area contributed by atoms with E-state index in [2.05, 4.69) is 24.3 Å². The molecule has 66 valence electrons. The van der Waals surface area contributed by atoms with Crippen LogP contribution in [0.3, 0.4) is 0 Å². The van der Waals surface area contributed by atoms with E-state index in [1.165, 1.54) is 5.56 Å². The lowest BCUT2D eigenvalue weighted by molar-refractivity contribution is 0.843. The van der Waals surface area contributed by atoms with E-state index in [1.807, 2.05) is 18.2 Å². The maximum atomic E-state index is 8.25. The summed E-state index contributed by atoms with van der Waals surface area (Å²) in [7, 11) is 0. The van der Waals surface area contributed by atoms with Gasteiger partial charge in [0.2, 0.25) is 0 Å². The van der Waals surface area contributed by atoms with Gasteiger partial charge in [0.05, 0.1) is 6.07 Å². The lowest BCUT2D eigenvalue weighted by atomic mass is 10.1. The summed E-state index contributed by atoms with van der Waals surface area (Å²) >= 11 is 0. The fourth-order valence-electron chi connectivity index (χ4n) is 1.20. The Morgan fingerprint density at radius 2 is 2.00 bits per heavy atom. The van der Waals surface area contributed by atoms with Crippen molar-refractivity contribution in [2.24, 2.45) is 0 Å². The number of benzene rings is 1. The first-order valence-corrected chi connectivity index (χ1v) is 4.52. The molecule has 0 aromatic heterocycles. The van der Waals surface area contributed by atoms with Gasteiger partial charge in [0, 0.05) is 6.08 Å². The van der Waals surface area contributed by atoms with E-state index in [9.17, 15) is 0 Å². The van der Waals surface area contributed by atoms with Crippen LogP contribution in [0.25, 0.3) is 0 Å². The zero-order valence-corrected chi connectivity index (χ0v) is 7.61. The van der Waals surface area contributed by atoms with Crippen molar-refractivity contribution in [3.63, 3.8) is 0 Å². The SMILES string of the molecule is N#C/C=C/CCCc1ccccc1. The molecule has 0 spiro atoms. The van der Waals surface area contributed by atoms with Gasteiger partial charge in [0.25, 0.3) is 0 Å². The molecule has 0 fully saturated rings. The molecule has 0 saturated heterocycles. The average molecular weight is 171 g/mol. The highest BCUT2D eigenvalue weighted by molar-refractivity contribution is 5.14. The third-order valence-corrected chi connectivity index (χ3v) is 1.87. The van der Waals surface area contributed by atoms with Crippen LogP contribution in [0.5, 0.6) is 0 Å². The Bertz CT molecular complexity index is 293. The van der Waals surface area contributed by atoms with E-state index in [4.69, 9.17) is 5.26 Å².